The first kappa shape index (κ1) is 11.6. The molecule has 0 aromatic rings. The summed E-state index contributed by atoms with van der Waals surface area (Å²) in [4.78, 5) is 30.6. The van der Waals surface area contributed by atoms with E-state index in [2.05, 4.69) is 4.43 Å². The first-order chi connectivity index (χ1) is 5.33. The summed E-state index contributed by atoms with van der Waals surface area (Å²) < 4.78 is 4.53. The van der Waals surface area contributed by atoms with Crippen LogP contribution < -0.4 is 0 Å². The molecule has 0 saturated heterocycles. The highest BCUT2D eigenvalue weighted by Crippen LogP contribution is 2.07. The van der Waals surface area contributed by atoms with Gasteiger partial charge in [0.2, 0.25) is 5.91 Å². The van der Waals surface area contributed by atoms with Gasteiger partial charge in [0.05, 0.1) is 5.67 Å². The van der Waals surface area contributed by atoms with Crippen LogP contribution in [0.25, 0.3) is 0 Å². The molecule has 0 bridgehead atoms. The molecule has 0 fully saturated rings. The molecule has 0 heterocycles. The molecular weight excluding hydrogens is 178 g/mol. The van der Waals surface area contributed by atoms with Crippen molar-refractivity contribution in [2.45, 2.75) is 19.5 Å². The third kappa shape index (κ3) is 2.56. The molecule has 0 aromatic carbocycles. The predicted molar refractivity (Wildman–Crippen MR) is 45.1 cm³/mol. The van der Waals surface area contributed by atoms with Crippen molar-refractivity contribution in [3.63, 3.8) is 0 Å². The molecule has 1 atom stereocenters. The number of hydrogen-bond donors (Lipinski definition) is 2. The lowest BCUT2D eigenvalue weighted by Gasteiger charge is -2.29. The zero-order valence-corrected chi connectivity index (χ0v) is 8.74. The Balaban J connectivity index is 4.37. The van der Waals surface area contributed by atoms with Crippen molar-refractivity contribution >= 4 is 14.7 Å². The average molecular weight is 193 g/mol. The van der Waals surface area contributed by atoms with Crippen LogP contribution in [0.4, 0.5) is 0 Å². The molecule has 0 aliphatic heterocycles. The average Bonchev–Trinajstić information content (AvgIpc) is 2.01. The second kappa shape index (κ2) is 3.99. The largest absolute Gasteiger partial charge is 0.518 e. The Morgan fingerprint density at radius 2 is 2.00 bits per heavy atom. The van der Waals surface area contributed by atoms with Crippen molar-refractivity contribution in [2.75, 3.05) is 14.2 Å². The van der Waals surface area contributed by atoms with Gasteiger partial charge in [-0.15, -0.1) is 0 Å². The normalized spacial score (nSPS) is 14.2. The molecule has 0 spiro atoms. The molecule has 0 saturated carbocycles. The summed E-state index contributed by atoms with van der Waals surface area (Å²) in [5.41, 5.74) is -0.667. The number of carbonyl (C=O) groups excluding carboxylic acids is 1. The summed E-state index contributed by atoms with van der Waals surface area (Å²) in [7, 11) is -0.982. The standard InChI is InChI=1S/C6H15NO4Si/c1-5(8)7(3)6(2)12(9,10)11-4/h6,9-10H,1-4H3. The van der Waals surface area contributed by atoms with Crippen LogP contribution in [0.2, 0.25) is 0 Å². The van der Waals surface area contributed by atoms with Gasteiger partial charge in [-0.25, -0.2) is 0 Å². The van der Waals surface area contributed by atoms with E-state index in [1.807, 2.05) is 0 Å². The maximum Gasteiger partial charge on any atom is 0.518 e. The highest BCUT2D eigenvalue weighted by molar-refractivity contribution is 6.59. The summed E-state index contributed by atoms with van der Waals surface area (Å²) in [6, 6.07) is 0. The van der Waals surface area contributed by atoms with Gasteiger partial charge in [-0.1, -0.05) is 0 Å². The van der Waals surface area contributed by atoms with E-state index in [1.54, 1.807) is 0 Å². The molecule has 6 heteroatoms. The fourth-order valence-corrected chi connectivity index (χ4v) is 1.72. The van der Waals surface area contributed by atoms with Crippen LogP contribution in [0.1, 0.15) is 13.8 Å². The topological polar surface area (TPSA) is 70.0 Å². The van der Waals surface area contributed by atoms with Gasteiger partial charge < -0.3 is 18.9 Å². The van der Waals surface area contributed by atoms with E-state index in [0.29, 0.717) is 0 Å². The lowest BCUT2D eigenvalue weighted by Crippen LogP contribution is -2.57. The van der Waals surface area contributed by atoms with Gasteiger partial charge in [-0.05, 0) is 6.92 Å². The second-order valence-corrected chi connectivity index (χ2v) is 5.23. The predicted octanol–water partition coefficient (Wildman–Crippen LogP) is -1.04. The lowest BCUT2D eigenvalue weighted by molar-refractivity contribution is -0.129. The molecule has 0 radical (unpaired) electrons. The van der Waals surface area contributed by atoms with Crippen LogP contribution >= 0.6 is 0 Å². The quantitative estimate of drug-likeness (QED) is 0.562. The zero-order chi connectivity index (χ0) is 9.94. The van der Waals surface area contributed by atoms with Gasteiger partial charge in [-0.3, -0.25) is 4.79 Å². The Hall–Kier alpha value is -0.433. The Morgan fingerprint density at radius 1 is 1.58 bits per heavy atom. The molecule has 1 amide bonds. The number of amides is 1. The van der Waals surface area contributed by atoms with Gasteiger partial charge in [-0.2, -0.15) is 0 Å². The minimum Gasteiger partial charge on any atom is -0.389 e. The van der Waals surface area contributed by atoms with Crippen LogP contribution in [-0.2, 0) is 9.22 Å². The smallest absolute Gasteiger partial charge is 0.389 e. The SMILES string of the molecule is CO[Si](O)(O)C(C)N(C)C(C)=O. The summed E-state index contributed by atoms with van der Waals surface area (Å²) in [6.45, 7) is 2.90. The highest BCUT2D eigenvalue weighted by atomic mass is 28.4. The lowest BCUT2D eigenvalue weighted by atomic mass is 10.5. The van der Waals surface area contributed by atoms with Gasteiger partial charge in [0, 0.05) is 21.1 Å². The Labute approximate surface area is 72.9 Å². The molecule has 12 heavy (non-hydrogen) atoms. The number of carbonyl (C=O) groups is 1. The molecule has 0 aliphatic carbocycles. The van der Waals surface area contributed by atoms with Crippen LogP contribution in [0.15, 0.2) is 0 Å². The van der Waals surface area contributed by atoms with Crippen molar-refractivity contribution in [3.05, 3.63) is 0 Å². The number of nitrogens with zero attached hydrogens (tertiary/aromatic N) is 1. The first-order valence-corrected chi connectivity index (χ1v) is 5.44. The third-order valence-corrected chi connectivity index (χ3v) is 4.00. The van der Waals surface area contributed by atoms with E-state index < -0.39 is 14.5 Å². The molecule has 0 rings (SSSR count). The van der Waals surface area contributed by atoms with Crippen LogP contribution in [0.5, 0.6) is 0 Å². The monoisotopic (exact) mass is 193 g/mol. The molecule has 72 valence electrons. The molecule has 2 N–H and O–H groups in total. The minimum atomic E-state index is -3.70. The van der Waals surface area contributed by atoms with Crippen molar-refractivity contribution in [1.29, 1.82) is 0 Å². The highest BCUT2D eigenvalue weighted by Gasteiger charge is 2.42. The van der Waals surface area contributed by atoms with E-state index in [-0.39, 0.29) is 5.91 Å². The van der Waals surface area contributed by atoms with Gasteiger partial charge in [0.1, 0.15) is 0 Å². The number of rotatable bonds is 3. The molecular formula is C6H15NO4Si. The maximum absolute atomic E-state index is 10.8. The van der Waals surface area contributed by atoms with Gasteiger partial charge in [0.25, 0.3) is 0 Å². The molecule has 1 unspecified atom stereocenters. The van der Waals surface area contributed by atoms with Gasteiger partial charge >= 0.3 is 8.80 Å². The Kier molecular flexibility index (Phi) is 3.85. The van der Waals surface area contributed by atoms with Crippen LogP contribution in [0, 0.1) is 0 Å². The fraction of sp³-hybridized carbons (Fsp3) is 0.833. The molecule has 0 aromatic heterocycles. The second-order valence-electron chi connectivity index (χ2n) is 2.67. The van der Waals surface area contributed by atoms with E-state index in [0.717, 1.165) is 0 Å². The van der Waals surface area contributed by atoms with Crippen molar-refractivity contribution in [2.24, 2.45) is 0 Å². The van der Waals surface area contributed by atoms with Crippen LogP contribution in [0.3, 0.4) is 0 Å². The first-order valence-electron chi connectivity index (χ1n) is 3.56. The van der Waals surface area contributed by atoms with Crippen molar-refractivity contribution in [3.8, 4) is 0 Å². The molecule has 5 nitrogen and oxygen atoms in total. The maximum atomic E-state index is 10.8. The minimum absolute atomic E-state index is 0.223. The summed E-state index contributed by atoms with van der Waals surface area (Å²) in [5, 5.41) is 0. The Morgan fingerprint density at radius 3 is 2.25 bits per heavy atom. The van der Waals surface area contributed by atoms with E-state index >= 15 is 0 Å². The summed E-state index contributed by atoms with van der Waals surface area (Å²) in [6.07, 6.45) is 0. The molecule has 0 aliphatic rings. The fourth-order valence-electron chi connectivity index (χ4n) is 0.696. The van der Waals surface area contributed by atoms with Crippen molar-refractivity contribution < 1.29 is 18.8 Å². The van der Waals surface area contributed by atoms with E-state index in [4.69, 9.17) is 0 Å². The summed E-state index contributed by atoms with van der Waals surface area (Å²) in [5.74, 6) is -0.223. The third-order valence-electron chi connectivity index (χ3n) is 1.92. The number of hydrogen-bond acceptors (Lipinski definition) is 4. The zero-order valence-electron chi connectivity index (χ0n) is 7.74. The van der Waals surface area contributed by atoms with Crippen LogP contribution in [-0.4, -0.2) is 49.0 Å². The Bertz CT molecular complexity index is 173. The summed E-state index contributed by atoms with van der Waals surface area (Å²) >= 11 is 0. The van der Waals surface area contributed by atoms with Gasteiger partial charge in [0.15, 0.2) is 0 Å². The van der Waals surface area contributed by atoms with E-state index in [1.165, 1.54) is 32.9 Å². The van der Waals surface area contributed by atoms with E-state index in [9.17, 15) is 14.4 Å². The van der Waals surface area contributed by atoms with Crippen molar-refractivity contribution in [1.82, 2.24) is 4.90 Å².